The highest BCUT2D eigenvalue weighted by atomic mass is 16.8. The van der Waals surface area contributed by atoms with Gasteiger partial charge in [0.2, 0.25) is 0 Å². The molecule has 0 radical (unpaired) electrons. The molecule has 0 unspecified atom stereocenters. The van der Waals surface area contributed by atoms with Gasteiger partial charge in [-0.2, -0.15) is 0 Å². The Balaban J connectivity index is 1.98. The van der Waals surface area contributed by atoms with Crippen molar-refractivity contribution >= 4 is 23.6 Å². The number of carbonyl (C=O) groups excluding carboxylic acids is 3. The Kier molecular flexibility index (Phi) is 25.0. The minimum Gasteiger partial charge on any atom is -0.497 e. The first kappa shape index (κ1) is 57.1. The third-order valence-electron chi connectivity index (χ3n) is 12.0. The van der Waals surface area contributed by atoms with E-state index in [1.807, 2.05) is 6.92 Å². The number of aliphatic hydroxyl groups excluding tert-OH is 8. The molecule has 20 heteroatoms. The lowest BCUT2D eigenvalue weighted by Gasteiger charge is -2.48. The van der Waals surface area contributed by atoms with Crippen LogP contribution < -0.4 is 10.1 Å². The van der Waals surface area contributed by atoms with Crippen molar-refractivity contribution in [1.82, 2.24) is 0 Å². The van der Waals surface area contributed by atoms with E-state index in [9.17, 15) is 55.2 Å². The van der Waals surface area contributed by atoms with Crippen molar-refractivity contribution in [3.8, 4) is 5.75 Å². The van der Waals surface area contributed by atoms with E-state index in [-0.39, 0.29) is 19.1 Å². The predicted molar refractivity (Wildman–Crippen MR) is 236 cm³/mol. The number of rotatable bonds is 29. The minimum absolute atomic E-state index is 0.0884. The van der Waals surface area contributed by atoms with Gasteiger partial charge >= 0.3 is 17.9 Å². The third-order valence-corrected chi connectivity index (χ3v) is 12.0. The molecule has 0 saturated carbocycles. The molecule has 380 valence electrons. The van der Waals surface area contributed by atoms with Crippen molar-refractivity contribution in [3.05, 3.63) is 24.3 Å². The van der Waals surface area contributed by atoms with Crippen LogP contribution in [-0.2, 0) is 47.5 Å². The average Bonchev–Trinajstić information content (AvgIpc) is 3.28. The van der Waals surface area contributed by atoms with Gasteiger partial charge in [-0.3, -0.25) is 14.4 Å². The maximum atomic E-state index is 13.8. The summed E-state index contributed by atoms with van der Waals surface area (Å²) in [4.78, 5) is 38.7. The summed E-state index contributed by atoms with van der Waals surface area (Å²) in [5, 5.41) is 89.0. The standard InChI is InChI=1S/C46H77NO19/c1-8-16-31(50)17-14-12-10-9-11-13-15-18-35(52)64-43-42(66-45-40(57)39(56)36(53)27(4)61-45)41(65-44(58)25(2)26(3)48)28(5)62-46(43)63-34(23-47-30-19-21-32(59-7)22-20-30)38(55)37(54)33(51)24-60-29(6)49/h19-22,25-28,31,33-34,36-43,45-48,50-51,53-57H,8-18,23-24H2,1-7H3/t25-,26-,27+,28+,31+,33-,34+,36+,37-,38-,39-,40-,41+,42-,43-,45+,46+/m1/s1. The molecule has 3 rings (SSSR count). The second-order valence-electron chi connectivity index (χ2n) is 17.5. The fourth-order valence-corrected chi connectivity index (χ4v) is 7.56. The highest BCUT2D eigenvalue weighted by Crippen LogP contribution is 2.35. The van der Waals surface area contributed by atoms with Crippen LogP contribution in [0.15, 0.2) is 24.3 Å². The van der Waals surface area contributed by atoms with Crippen LogP contribution in [0.2, 0.25) is 0 Å². The molecule has 0 spiro atoms. The Bertz CT molecular complexity index is 1550. The largest absolute Gasteiger partial charge is 0.497 e. The average molecular weight is 948 g/mol. The molecular formula is C46H77NO19. The molecule has 17 atom stereocenters. The maximum Gasteiger partial charge on any atom is 0.311 e. The van der Waals surface area contributed by atoms with Crippen LogP contribution in [0.3, 0.4) is 0 Å². The lowest BCUT2D eigenvalue weighted by molar-refractivity contribution is -0.361. The van der Waals surface area contributed by atoms with Crippen LogP contribution >= 0.6 is 0 Å². The Hall–Kier alpha value is -3.25. The highest BCUT2D eigenvalue weighted by Gasteiger charge is 2.54. The highest BCUT2D eigenvalue weighted by molar-refractivity contribution is 5.73. The summed E-state index contributed by atoms with van der Waals surface area (Å²) in [5.74, 6) is -2.91. The quantitative estimate of drug-likeness (QED) is 0.0313. The number of hydrogen-bond acceptors (Lipinski definition) is 20. The van der Waals surface area contributed by atoms with Gasteiger partial charge in [-0.15, -0.1) is 0 Å². The van der Waals surface area contributed by atoms with Gasteiger partial charge in [-0.05, 0) is 71.2 Å². The zero-order valence-corrected chi connectivity index (χ0v) is 39.4. The summed E-state index contributed by atoms with van der Waals surface area (Å²) in [6, 6.07) is 6.65. The lowest BCUT2D eigenvalue weighted by atomic mass is 9.96. The molecule has 2 fully saturated rings. The van der Waals surface area contributed by atoms with Gasteiger partial charge in [0.05, 0.1) is 37.4 Å². The molecule has 20 nitrogen and oxygen atoms in total. The molecule has 2 saturated heterocycles. The number of carbonyl (C=O) groups is 3. The predicted octanol–water partition coefficient (Wildman–Crippen LogP) is 1.61. The number of esters is 3. The number of ether oxygens (including phenoxy) is 8. The number of nitrogens with one attached hydrogen (secondary N) is 1. The van der Waals surface area contributed by atoms with Crippen LogP contribution in [0, 0.1) is 5.92 Å². The molecule has 0 bridgehead atoms. The molecule has 0 aliphatic carbocycles. The number of methoxy groups -OCH3 is 1. The summed E-state index contributed by atoms with van der Waals surface area (Å²) < 4.78 is 46.7. The summed E-state index contributed by atoms with van der Waals surface area (Å²) >= 11 is 0. The van der Waals surface area contributed by atoms with E-state index in [4.69, 9.17) is 37.9 Å². The van der Waals surface area contributed by atoms with Crippen molar-refractivity contribution in [2.75, 3.05) is 25.6 Å². The van der Waals surface area contributed by atoms with Gasteiger partial charge in [0.1, 0.15) is 61.2 Å². The SMILES string of the molecule is CCC[C@H](O)CCCCCCCCCC(=O)O[C@H]1[C@H](O[C@@H](CNc2ccc(OC)cc2)[C@@H](O)[C@H](O)[C@H](O)COC(C)=O)O[C@@H](C)[C@H](OC(=O)[C@H](C)[C@@H](C)O)[C@H]1O[C@@H]1O[C@@H](C)[C@H](O)[C@@H](O)[C@H]1O. The Morgan fingerprint density at radius 2 is 1.36 bits per heavy atom. The van der Waals surface area contributed by atoms with E-state index in [2.05, 4.69) is 5.32 Å². The van der Waals surface area contributed by atoms with E-state index in [0.29, 0.717) is 24.3 Å². The van der Waals surface area contributed by atoms with Crippen molar-refractivity contribution < 1.29 is 93.1 Å². The van der Waals surface area contributed by atoms with Crippen molar-refractivity contribution in [3.63, 3.8) is 0 Å². The van der Waals surface area contributed by atoms with Gasteiger partial charge in [-0.1, -0.05) is 51.9 Å². The number of hydrogen-bond donors (Lipinski definition) is 9. The second-order valence-corrected chi connectivity index (χ2v) is 17.5. The molecule has 2 aliphatic rings. The summed E-state index contributed by atoms with van der Waals surface area (Å²) in [7, 11) is 1.49. The normalized spacial score (nSPS) is 28.8. The summed E-state index contributed by atoms with van der Waals surface area (Å²) in [6.07, 6.45) is -16.1. The molecule has 66 heavy (non-hydrogen) atoms. The van der Waals surface area contributed by atoms with Crippen molar-refractivity contribution in [2.45, 2.75) is 210 Å². The number of anilines is 1. The zero-order valence-electron chi connectivity index (χ0n) is 39.4. The van der Waals surface area contributed by atoms with Gasteiger partial charge in [-0.25, -0.2) is 0 Å². The van der Waals surface area contributed by atoms with Crippen LogP contribution in [-0.4, -0.2) is 177 Å². The summed E-state index contributed by atoms with van der Waals surface area (Å²) in [5.41, 5.74) is 0.511. The lowest BCUT2D eigenvalue weighted by Crippen LogP contribution is -2.65. The first-order valence-electron chi connectivity index (χ1n) is 23.3. The number of unbranched alkanes of at least 4 members (excludes halogenated alkanes) is 6. The van der Waals surface area contributed by atoms with Crippen LogP contribution in [0.5, 0.6) is 5.75 Å². The van der Waals surface area contributed by atoms with Crippen molar-refractivity contribution in [2.24, 2.45) is 5.92 Å². The first-order valence-corrected chi connectivity index (χ1v) is 23.3. The summed E-state index contributed by atoms with van der Waals surface area (Å²) in [6.45, 7) is 7.88. The second kappa shape index (κ2) is 28.9. The Labute approximate surface area is 387 Å². The number of aliphatic hydroxyl groups is 8. The molecule has 2 heterocycles. The van der Waals surface area contributed by atoms with Crippen molar-refractivity contribution in [1.29, 1.82) is 0 Å². The van der Waals surface area contributed by atoms with Gasteiger partial charge < -0.3 is 84.1 Å². The minimum atomic E-state index is -1.98. The van der Waals surface area contributed by atoms with Crippen LogP contribution in [0.4, 0.5) is 5.69 Å². The third kappa shape index (κ3) is 18.0. The first-order chi connectivity index (χ1) is 31.3. The van der Waals surface area contributed by atoms with Crippen LogP contribution in [0.25, 0.3) is 0 Å². The molecule has 1 aromatic rings. The van der Waals surface area contributed by atoms with E-state index < -0.39 is 122 Å². The molecule has 0 amide bonds. The number of benzene rings is 1. The molecule has 9 N–H and O–H groups in total. The topological polar surface area (TPSA) is 299 Å². The molecule has 0 aromatic heterocycles. The zero-order chi connectivity index (χ0) is 49.1. The Morgan fingerprint density at radius 1 is 0.742 bits per heavy atom. The smallest absolute Gasteiger partial charge is 0.311 e. The van der Waals surface area contributed by atoms with E-state index in [1.165, 1.54) is 34.8 Å². The maximum absolute atomic E-state index is 13.8. The fourth-order valence-electron chi connectivity index (χ4n) is 7.56. The monoisotopic (exact) mass is 948 g/mol. The van der Waals surface area contributed by atoms with Gasteiger partial charge in [0.15, 0.2) is 24.8 Å². The van der Waals surface area contributed by atoms with Gasteiger partial charge in [0.25, 0.3) is 0 Å². The van der Waals surface area contributed by atoms with E-state index >= 15 is 0 Å². The molecular weight excluding hydrogens is 870 g/mol. The fraction of sp³-hybridized carbons (Fsp3) is 0.804. The molecule has 1 aromatic carbocycles. The van der Waals surface area contributed by atoms with Gasteiger partial charge in [0, 0.05) is 25.6 Å². The molecule has 2 aliphatic heterocycles. The van der Waals surface area contributed by atoms with Crippen LogP contribution in [0.1, 0.15) is 112 Å². The van der Waals surface area contributed by atoms with E-state index in [1.54, 1.807) is 24.3 Å². The Morgan fingerprint density at radius 3 is 1.97 bits per heavy atom. The van der Waals surface area contributed by atoms with E-state index in [0.717, 1.165) is 58.3 Å².